The molecule has 1 N–H and O–H groups in total. The van der Waals surface area contributed by atoms with Crippen LogP contribution in [0.2, 0.25) is 0 Å². The van der Waals surface area contributed by atoms with E-state index >= 15 is 0 Å². The number of aromatic nitrogens is 3. The van der Waals surface area contributed by atoms with Crippen LogP contribution in [-0.2, 0) is 6.54 Å². The number of anilines is 1. The van der Waals surface area contributed by atoms with E-state index in [1.165, 1.54) is 42.4 Å². The van der Waals surface area contributed by atoms with Gasteiger partial charge in [-0.2, -0.15) is 0 Å². The summed E-state index contributed by atoms with van der Waals surface area (Å²) in [5.74, 6) is 2.10. The fraction of sp³-hybridized carbons (Fsp3) is 0.440. The third-order valence-corrected chi connectivity index (χ3v) is 7.55. The van der Waals surface area contributed by atoms with Crippen molar-refractivity contribution >= 4 is 37.7 Å². The summed E-state index contributed by atoms with van der Waals surface area (Å²) in [6.07, 6.45) is 8.44. The van der Waals surface area contributed by atoms with Crippen molar-refractivity contribution in [2.24, 2.45) is 5.92 Å². The van der Waals surface area contributed by atoms with Crippen molar-refractivity contribution in [1.29, 1.82) is 0 Å². The zero-order valence-electron chi connectivity index (χ0n) is 18.9. The molecule has 6 nitrogen and oxygen atoms in total. The second-order valence-corrected chi connectivity index (χ2v) is 9.79. The summed E-state index contributed by atoms with van der Waals surface area (Å²) in [7, 11) is 3.30. The molecule has 2 aromatic carbocycles. The first-order valence-electron chi connectivity index (χ1n) is 11.4. The highest BCUT2D eigenvalue weighted by Crippen LogP contribution is 2.33. The number of hydrogen-bond donors (Lipinski definition) is 1. The highest BCUT2D eigenvalue weighted by Gasteiger charge is 2.21. The number of nitrogens with one attached hydrogen (secondary N) is 1. The molecule has 2 heterocycles. The Morgan fingerprint density at radius 2 is 1.84 bits per heavy atom. The number of nitrogens with zero attached hydrogens (tertiary/aromatic N) is 3. The lowest BCUT2D eigenvalue weighted by Crippen LogP contribution is -2.26. The molecule has 0 amide bonds. The van der Waals surface area contributed by atoms with E-state index in [1.807, 2.05) is 18.5 Å². The molecule has 1 aliphatic rings. The van der Waals surface area contributed by atoms with Gasteiger partial charge in [-0.1, -0.05) is 43.6 Å². The van der Waals surface area contributed by atoms with E-state index in [2.05, 4.69) is 40.0 Å². The number of methoxy groups -OCH3 is 2. The number of hydrogen-bond acceptors (Lipinski definition) is 6. The third kappa shape index (κ3) is 4.13. The Morgan fingerprint density at radius 3 is 2.69 bits per heavy atom. The maximum Gasteiger partial charge on any atom is 0.184 e. The molecule has 5 rings (SSSR count). The van der Waals surface area contributed by atoms with Crippen molar-refractivity contribution in [2.45, 2.75) is 51.6 Å². The molecule has 0 saturated heterocycles. The summed E-state index contributed by atoms with van der Waals surface area (Å²) >= 11 is 1.76. The number of ether oxygens (including phenoxy) is 2. The molecule has 1 aliphatic carbocycles. The van der Waals surface area contributed by atoms with Crippen LogP contribution >= 0.6 is 11.3 Å². The summed E-state index contributed by atoms with van der Waals surface area (Å²) in [6.45, 7) is 3.11. The SMILES string of the molecule is COc1cc2ncn(Cc3ccc4nc(NC5CCCCCC5C)sc4c3)c2cc1OC. The zero-order valence-corrected chi connectivity index (χ0v) is 19.7. The van der Waals surface area contributed by atoms with E-state index in [0.29, 0.717) is 23.5 Å². The maximum atomic E-state index is 5.48. The molecule has 0 radical (unpaired) electrons. The van der Waals surface area contributed by atoms with Gasteiger partial charge in [0.05, 0.1) is 41.8 Å². The van der Waals surface area contributed by atoms with Crippen LogP contribution in [0, 0.1) is 5.92 Å². The molecule has 168 valence electrons. The lowest BCUT2D eigenvalue weighted by atomic mass is 9.97. The minimum Gasteiger partial charge on any atom is -0.493 e. The van der Waals surface area contributed by atoms with E-state index in [0.717, 1.165) is 28.2 Å². The predicted molar refractivity (Wildman–Crippen MR) is 131 cm³/mol. The molecular formula is C25H30N4O2S. The summed E-state index contributed by atoms with van der Waals surface area (Å²) in [4.78, 5) is 9.41. The minimum absolute atomic E-state index is 0.529. The van der Waals surface area contributed by atoms with Gasteiger partial charge in [-0.25, -0.2) is 9.97 Å². The van der Waals surface area contributed by atoms with Gasteiger partial charge in [0.2, 0.25) is 0 Å². The number of benzene rings is 2. The third-order valence-electron chi connectivity index (χ3n) is 6.60. The van der Waals surface area contributed by atoms with Crippen molar-refractivity contribution in [3.63, 3.8) is 0 Å². The fourth-order valence-electron chi connectivity index (χ4n) is 4.70. The summed E-state index contributed by atoms with van der Waals surface area (Å²) < 4.78 is 14.2. The Balaban J connectivity index is 1.38. The first-order chi connectivity index (χ1) is 15.6. The molecule has 0 spiro atoms. The van der Waals surface area contributed by atoms with E-state index in [-0.39, 0.29) is 0 Å². The molecule has 7 heteroatoms. The fourth-order valence-corrected chi connectivity index (χ4v) is 5.69. The topological polar surface area (TPSA) is 61.2 Å². The number of rotatable bonds is 6. The molecule has 1 saturated carbocycles. The van der Waals surface area contributed by atoms with Gasteiger partial charge < -0.3 is 19.4 Å². The molecule has 0 bridgehead atoms. The van der Waals surface area contributed by atoms with E-state index in [1.54, 1.807) is 25.6 Å². The van der Waals surface area contributed by atoms with Crippen LogP contribution in [0.5, 0.6) is 11.5 Å². The molecule has 2 aromatic heterocycles. The van der Waals surface area contributed by atoms with Crippen molar-refractivity contribution in [1.82, 2.24) is 14.5 Å². The second-order valence-electron chi connectivity index (χ2n) is 8.76. The quantitative estimate of drug-likeness (QED) is 0.360. The Hall–Kier alpha value is -2.80. The number of imidazole rings is 1. The van der Waals surface area contributed by atoms with E-state index in [9.17, 15) is 0 Å². The van der Waals surface area contributed by atoms with E-state index < -0.39 is 0 Å². The van der Waals surface area contributed by atoms with Gasteiger partial charge >= 0.3 is 0 Å². The Bertz CT molecular complexity index is 1230. The monoisotopic (exact) mass is 450 g/mol. The van der Waals surface area contributed by atoms with Crippen LogP contribution in [0.15, 0.2) is 36.7 Å². The van der Waals surface area contributed by atoms with Crippen molar-refractivity contribution in [2.75, 3.05) is 19.5 Å². The molecule has 1 fully saturated rings. The molecular weight excluding hydrogens is 420 g/mol. The number of thiazole rings is 1. The maximum absolute atomic E-state index is 5.48. The smallest absolute Gasteiger partial charge is 0.184 e. The van der Waals surface area contributed by atoms with Crippen molar-refractivity contribution in [3.05, 3.63) is 42.2 Å². The summed E-state index contributed by atoms with van der Waals surface area (Å²) in [5, 5.41) is 4.78. The van der Waals surface area contributed by atoms with Crippen LogP contribution in [0.4, 0.5) is 5.13 Å². The summed E-state index contributed by atoms with van der Waals surface area (Å²) in [6, 6.07) is 11.0. The average molecular weight is 451 g/mol. The van der Waals surface area contributed by atoms with Gasteiger partial charge in [0.15, 0.2) is 16.6 Å². The molecule has 2 atom stereocenters. The standard InChI is InChI=1S/C25H30N4O2S/c1-16-7-5-4-6-8-18(16)27-25-28-19-10-9-17(11-24(19)32-25)14-29-15-26-20-12-22(30-2)23(31-3)13-21(20)29/h9-13,15-16,18H,4-8,14H2,1-3H3,(H,27,28). The van der Waals surface area contributed by atoms with Crippen LogP contribution in [-0.4, -0.2) is 34.8 Å². The van der Waals surface area contributed by atoms with Crippen molar-refractivity contribution in [3.8, 4) is 11.5 Å². The first kappa shape index (κ1) is 21.1. The average Bonchev–Trinajstić information content (AvgIpc) is 3.32. The lowest BCUT2D eigenvalue weighted by molar-refractivity contribution is 0.355. The van der Waals surface area contributed by atoms with Gasteiger partial charge in [0, 0.05) is 24.7 Å². The van der Waals surface area contributed by atoms with Crippen LogP contribution in [0.1, 0.15) is 44.6 Å². The van der Waals surface area contributed by atoms with Gasteiger partial charge in [-0.3, -0.25) is 0 Å². The van der Waals surface area contributed by atoms with Crippen LogP contribution < -0.4 is 14.8 Å². The van der Waals surface area contributed by atoms with Gasteiger partial charge in [0.25, 0.3) is 0 Å². The highest BCUT2D eigenvalue weighted by molar-refractivity contribution is 7.22. The molecule has 4 aromatic rings. The molecule has 0 aliphatic heterocycles. The zero-order chi connectivity index (χ0) is 22.1. The summed E-state index contributed by atoms with van der Waals surface area (Å²) in [5.41, 5.74) is 4.20. The number of fused-ring (bicyclic) bond motifs is 2. The predicted octanol–water partition coefficient (Wildman–Crippen LogP) is 6.09. The van der Waals surface area contributed by atoms with Gasteiger partial charge in [-0.15, -0.1) is 0 Å². The largest absolute Gasteiger partial charge is 0.493 e. The second kappa shape index (κ2) is 8.98. The lowest BCUT2D eigenvalue weighted by Gasteiger charge is -2.22. The Kier molecular flexibility index (Phi) is 5.91. The van der Waals surface area contributed by atoms with Crippen LogP contribution in [0.25, 0.3) is 21.3 Å². The molecule has 2 unspecified atom stereocenters. The Morgan fingerprint density at radius 1 is 1.03 bits per heavy atom. The highest BCUT2D eigenvalue weighted by atomic mass is 32.1. The van der Waals surface area contributed by atoms with Gasteiger partial charge in [0.1, 0.15) is 0 Å². The molecule has 32 heavy (non-hydrogen) atoms. The van der Waals surface area contributed by atoms with Crippen LogP contribution in [0.3, 0.4) is 0 Å². The van der Waals surface area contributed by atoms with E-state index in [4.69, 9.17) is 14.5 Å². The normalized spacial score (nSPS) is 19.2. The van der Waals surface area contributed by atoms with Crippen molar-refractivity contribution < 1.29 is 9.47 Å². The first-order valence-corrected chi connectivity index (χ1v) is 12.2. The minimum atomic E-state index is 0.529. The van der Waals surface area contributed by atoms with Gasteiger partial charge in [-0.05, 0) is 36.5 Å². The Labute approximate surface area is 192 Å².